The summed E-state index contributed by atoms with van der Waals surface area (Å²) in [6.07, 6.45) is 0. The molecule has 22 heavy (non-hydrogen) atoms. The van der Waals surface area contributed by atoms with Crippen molar-refractivity contribution in [3.8, 4) is 0 Å². The molecule has 1 aliphatic heterocycles. The Labute approximate surface area is 143 Å². The van der Waals surface area contributed by atoms with E-state index >= 15 is 0 Å². The van der Waals surface area contributed by atoms with Gasteiger partial charge in [-0.05, 0) is 41.9 Å². The standard InChI is InChI=1S/C13H20BrN3O3S2/c1-3-15-13(18)10(2)16-6-8-17(9-7-16)22(19,20)12-5-4-11(14)21-12/h4-5,10H,3,6-9H2,1-2H3,(H,15,18)/t10-/m1/s1. The van der Waals surface area contributed by atoms with Gasteiger partial charge in [0.05, 0.1) is 9.83 Å². The number of piperazine rings is 1. The van der Waals surface area contributed by atoms with Crippen molar-refractivity contribution in [2.45, 2.75) is 24.1 Å². The number of amides is 1. The van der Waals surface area contributed by atoms with E-state index in [0.717, 1.165) is 3.79 Å². The van der Waals surface area contributed by atoms with Crippen molar-refractivity contribution in [1.29, 1.82) is 0 Å². The van der Waals surface area contributed by atoms with Gasteiger partial charge in [-0.2, -0.15) is 4.31 Å². The quantitative estimate of drug-likeness (QED) is 0.796. The predicted octanol–water partition coefficient (Wildman–Crippen LogP) is 1.34. The number of thiophene rings is 1. The minimum atomic E-state index is -3.43. The molecule has 0 spiro atoms. The van der Waals surface area contributed by atoms with Gasteiger partial charge in [0.25, 0.3) is 10.0 Å². The second-order valence-corrected chi connectivity index (χ2v) is 9.70. The fourth-order valence-electron chi connectivity index (χ4n) is 2.38. The lowest BCUT2D eigenvalue weighted by Crippen LogP contribution is -2.54. The van der Waals surface area contributed by atoms with Gasteiger partial charge in [-0.15, -0.1) is 11.3 Å². The summed E-state index contributed by atoms with van der Waals surface area (Å²) in [5.41, 5.74) is 0. The van der Waals surface area contributed by atoms with Crippen molar-refractivity contribution >= 4 is 43.2 Å². The van der Waals surface area contributed by atoms with E-state index in [-0.39, 0.29) is 11.9 Å². The van der Waals surface area contributed by atoms with Gasteiger partial charge in [0.15, 0.2) is 0 Å². The number of halogens is 1. The molecule has 0 aromatic carbocycles. The molecule has 0 radical (unpaired) electrons. The van der Waals surface area contributed by atoms with Gasteiger partial charge in [0.1, 0.15) is 4.21 Å². The zero-order valence-corrected chi connectivity index (χ0v) is 15.8. The first kappa shape index (κ1) is 17.9. The van der Waals surface area contributed by atoms with Crippen LogP contribution in [0.4, 0.5) is 0 Å². The number of likely N-dealkylation sites (N-methyl/N-ethyl adjacent to an activating group) is 1. The Morgan fingerprint density at radius 1 is 1.36 bits per heavy atom. The Morgan fingerprint density at radius 3 is 2.50 bits per heavy atom. The third-order valence-corrected chi connectivity index (χ3v) is 7.68. The number of hydrogen-bond donors (Lipinski definition) is 1. The van der Waals surface area contributed by atoms with Gasteiger partial charge >= 0.3 is 0 Å². The van der Waals surface area contributed by atoms with Crippen LogP contribution in [-0.4, -0.2) is 62.3 Å². The summed E-state index contributed by atoms with van der Waals surface area (Å²) in [7, 11) is -3.43. The van der Waals surface area contributed by atoms with Crippen LogP contribution in [-0.2, 0) is 14.8 Å². The van der Waals surface area contributed by atoms with Gasteiger partial charge < -0.3 is 5.32 Å². The average Bonchev–Trinajstić information content (AvgIpc) is 2.94. The van der Waals surface area contributed by atoms with Gasteiger partial charge in [-0.1, -0.05) is 0 Å². The van der Waals surface area contributed by atoms with Crippen LogP contribution in [0.15, 0.2) is 20.1 Å². The number of hydrogen-bond acceptors (Lipinski definition) is 5. The minimum Gasteiger partial charge on any atom is -0.355 e. The zero-order chi connectivity index (χ0) is 16.3. The van der Waals surface area contributed by atoms with E-state index in [4.69, 9.17) is 0 Å². The first-order valence-electron chi connectivity index (χ1n) is 7.13. The van der Waals surface area contributed by atoms with Crippen LogP contribution < -0.4 is 5.32 Å². The molecule has 6 nitrogen and oxygen atoms in total. The van der Waals surface area contributed by atoms with Crippen molar-refractivity contribution in [2.75, 3.05) is 32.7 Å². The van der Waals surface area contributed by atoms with E-state index in [0.29, 0.717) is 36.9 Å². The molecule has 1 fully saturated rings. The van der Waals surface area contributed by atoms with Crippen LogP contribution in [0.2, 0.25) is 0 Å². The van der Waals surface area contributed by atoms with Crippen molar-refractivity contribution in [3.63, 3.8) is 0 Å². The molecule has 1 atom stereocenters. The monoisotopic (exact) mass is 409 g/mol. The maximum Gasteiger partial charge on any atom is 0.252 e. The first-order chi connectivity index (χ1) is 10.4. The lowest BCUT2D eigenvalue weighted by Gasteiger charge is -2.36. The molecule has 0 bridgehead atoms. The topological polar surface area (TPSA) is 69.7 Å². The van der Waals surface area contributed by atoms with Gasteiger partial charge in [-0.3, -0.25) is 9.69 Å². The highest BCUT2D eigenvalue weighted by molar-refractivity contribution is 9.11. The molecule has 1 aromatic heterocycles. The number of sulfonamides is 1. The summed E-state index contributed by atoms with van der Waals surface area (Å²) < 4.78 is 27.7. The maximum absolute atomic E-state index is 12.5. The molecular weight excluding hydrogens is 390 g/mol. The highest BCUT2D eigenvalue weighted by atomic mass is 79.9. The Bertz CT molecular complexity index is 624. The van der Waals surface area contributed by atoms with Gasteiger partial charge in [-0.25, -0.2) is 8.42 Å². The molecule has 1 N–H and O–H groups in total. The fourth-order valence-corrected chi connectivity index (χ4v) is 5.97. The lowest BCUT2D eigenvalue weighted by atomic mass is 10.2. The molecule has 2 rings (SSSR count). The molecular formula is C13H20BrN3O3S2. The Balaban J connectivity index is 1.99. The van der Waals surface area contributed by atoms with E-state index in [2.05, 4.69) is 21.2 Å². The Morgan fingerprint density at radius 2 is 2.00 bits per heavy atom. The summed E-state index contributed by atoms with van der Waals surface area (Å²) in [4.78, 5) is 13.9. The zero-order valence-electron chi connectivity index (χ0n) is 12.6. The summed E-state index contributed by atoms with van der Waals surface area (Å²) >= 11 is 4.51. The highest BCUT2D eigenvalue weighted by Crippen LogP contribution is 2.29. The van der Waals surface area contributed by atoms with Crippen LogP contribution in [0.5, 0.6) is 0 Å². The Kier molecular flexibility index (Phi) is 6.00. The summed E-state index contributed by atoms with van der Waals surface area (Å²) in [5.74, 6) is -0.0130. The third kappa shape index (κ3) is 3.88. The predicted molar refractivity (Wildman–Crippen MR) is 90.5 cm³/mol. The molecule has 0 aliphatic carbocycles. The minimum absolute atomic E-state index is 0.0130. The molecule has 1 aliphatic rings. The molecule has 2 heterocycles. The van der Waals surface area contributed by atoms with Crippen LogP contribution >= 0.6 is 27.3 Å². The van der Waals surface area contributed by atoms with Crippen LogP contribution in [0.1, 0.15) is 13.8 Å². The van der Waals surface area contributed by atoms with Crippen molar-refractivity contribution in [3.05, 3.63) is 15.9 Å². The molecule has 1 saturated heterocycles. The van der Waals surface area contributed by atoms with Gasteiger partial charge in [0.2, 0.25) is 5.91 Å². The molecule has 0 saturated carbocycles. The SMILES string of the molecule is CCNC(=O)[C@@H](C)N1CCN(S(=O)(=O)c2ccc(Br)s2)CC1. The molecule has 0 unspecified atom stereocenters. The Hall–Kier alpha value is -0.480. The summed E-state index contributed by atoms with van der Waals surface area (Å²) in [5, 5.41) is 2.80. The van der Waals surface area contributed by atoms with Crippen molar-refractivity contribution in [2.24, 2.45) is 0 Å². The van der Waals surface area contributed by atoms with E-state index in [9.17, 15) is 13.2 Å². The van der Waals surface area contributed by atoms with Crippen molar-refractivity contribution < 1.29 is 13.2 Å². The second-order valence-electron chi connectivity index (χ2n) is 5.07. The van der Waals surface area contributed by atoms with Crippen LogP contribution in [0.25, 0.3) is 0 Å². The molecule has 124 valence electrons. The van der Waals surface area contributed by atoms with E-state index in [1.54, 1.807) is 12.1 Å². The van der Waals surface area contributed by atoms with Crippen LogP contribution in [0.3, 0.4) is 0 Å². The fraction of sp³-hybridized carbons (Fsp3) is 0.615. The molecule has 1 amide bonds. The smallest absolute Gasteiger partial charge is 0.252 e. The maximum atomic E-state index is 12.5. The van der Waals surface area contributed by atoms with Crippen LogP contribution in [0, 0.1) is 0 Å². The second kappa shape index (κ2) is 7.39. The first-order valence-corrected chi connectivity index (χ1v) is 10.2. The highest BCUT2D eigenvalue weighted by Gasteiger charge is 2.32. The lowest BCUT2D eigenvalue weighted by molar-refractivity contribution is -0.126. The number of nitrogens with zero attached hydrogens (tertiary/aromatic N) is 2. The third-order valence-electron chi connectivity index (χ3n) is 3.69. The summed E-state index contributed by atoms with van der Waals surface area (Å²) in [6, 6.07) is 3.12. The largest absolute Gasteiger partial charge is 0.355 e. The number of carbonyl (C=O) groups is 1. The van der Waals surface area contributed by atoms with E-state index in [1.165, 1.54) is 15.6 Å². The number of carbonyl (C=O) groups excluding carboxylic acids is 1. The van der Waals surface area contributed by atoms with E-state index < -0.39 is 10.0 Å². The molecule has 9 heteroatoms. The normalized spacial score (nSPS) is 19.0. The number of rotatable bonds is 5. The molecule has 1 aromatic rings. The van der Waals surface area contributed by atoms with Gasteiger partial charge in [0, 0.05) is 32.7 Å². The average molecular weight is 410 g/mol. The summed E-state index contributed by atoms with van der Waals surface area (Å²) in [6.45, 7) is 6.27. The van der Waals surface area contributed by atoms with E-state index in [1.807, 2.05) is 18.7 Å². The van der Waals surface area contributed by atoms with Crippen molar-refractivity contribution in [1.82, 2.24) is 14.5 Å². The number of nitrogens with one attached hydrogen (secondary N) is 1.